The summed E-state index contributed by atoms with van der Waals surface area (Å²) in [5.74, 6) is 0. The molecule has 1 heterocycles. The van der Waals surface area contributed by atoms with Gasteiger partial charge in [0.25, 0.3) is 0 Å². The van der Waals surface area contributed by atoms with E-state index in [9.17, 15) is 8.42 Å². The largest absolute Gasteiger partial charge is 0.281 e. The number of nitrogens with zero attached hydrogens (tertiary/aromatic N) is 1. The van der Waals surface area contributed by atoms with E-state index < -0.39 is 10.0 Å². The number of sulfonamides is 1. The summed E-state index contributed by atoms with van der Waals surface area (Å²) in [6.45, 7) is 7.49. The molecule has 2 N–H and O–H groups in total. The standard InChI is InChI=1S/C14H19N3O2S/c1-9-5-6-10(2)13(7-9)11(3)17-20(18,19)14-8-15-16-12(14)4/h5-8,11,17H,1-4H3,(H,15,16). The van der Waals surface area contributed by atoms with Crippen LogP contribution in [0.25, 0.3) is 0 Å². The molecule has 108 valence electrons. The monoisotopic (exact) mass is 293 g/mol. The molecule has 0 saturated heterocycles. The summed E-state index contributed by atoms with van der Waals surface area (Å²) < 4.78 is 27.3. The molecule has 2 aromatic rings. The van der Waals surface area contributed by atoms with Gasteiger partial charge in [0.05, 0.1) is 11.9 Å². The van der Waals surface area contributed by atoms with E-state index in [4.69, 9.17) is 0 Å². The Morgan fingerprint density at radius 1 is 1.25 bits per heavy atom. The molecule has 0 radical (unpaired) electrons. The second-order valence-electron chi connectivity index (χ2n) is 5.06. The lowest BCUT2D eigenvalue weighted by Gasteiger charge is -2.17. The van der Waals surface area contributed by atoms with Crippen LogP contribution in [-0.2, 0) is 10.0 Å². The lowest BCUT2D eigenvalue weighted by Crippen LogP contribution is -2.27. The summed E-state index contributed by atoms with van der Waals surface area (Å²) in [7, 11) is -3.57. The molecular formula is C14H19N3O2S. The minimum atomic E-state index is -3.57. The number of nitrogens with one attached hydrogen (secondary N) is 2. The number of hydrogen-bond donors (Lipinski definition) is 2. The maximum absolute atomic E-state index is 12.3. The Morgan fingerprint density at radius 2 is 1.95 bits per heavy atom. The highest BCUT2D eigenvalue weighted by atomic mass is 32.2. The zero-order valence-electron chi connectivity index (χ0n) is 12.1. The molecule has 0 spiro atoms. The SMILES string of the molecule is Cc1ccc(C)c(C(C)NS(=O)(=O)c2cn[nH]c2C)c1. The molecule has 0 aliphatic heterocycles. The molecule has 1 aromatic carbocycles. The van der Waals surface area contributed by atoms with Crippen molar-refractivity contribution in [3.8, 4) is 0 Å². The van der Waals surface area contributed by atoms with E-state index in [-0.39, 0.29) is 10.9 Å². The van der Waals surface area contributed by atoms with Gasteiger partial charge in [0.15, 0.2) is 0 Å². The van der Waals surface area contributed by atoms with Crippen LogP contribution in [0.15, 0.2) is 29.3 Å². The van der Waals surface area contributed by atoms with Crippen molar-refractivity contribution < 1.29 is 8.42 Å². The van der Waals surface area contributed by atoms with Crippen LogP contribution in [0.5, 0.6) is 0 Å². The van der Waals surface area contributed by atoms with Crippen LogP contribution < -0.4 is 4.72 Å². The van der Waals surface area contributed by atoms with Crippen LogP contribution in [0.4, 0.5) is 0 Å². The number of aryl methyl sites for hydroxylation is 3. The number of hydrogen-bond acceptors (Lipinski definition) is 3. The maximum atomic E-state index is 12.3. The lowest BCUT2D eigenvalue weighted by molar-refractivity contribution is 0.566. The average molecular weight is 293 g/mol. The van der Waals surface area contributed by atoms with Gasteiger partial charge in [-0.1, -0.05) is 23.8 Å². The Hall–Kier alpha value is -1.66. The first-order valence-electron chi connectivity index (χ1n) is 6.40. The second-order valence-corrected chi connectivity index (χ2v) is 6.74. The lowest BCUT2D eigenvalue weighted by atomic mass is 10.0. The average Bonchev–Trinajstić information content (AvgIpc) is 2.79. The number of aromatic nitrogens is 2. The van der Waals surface area contributed by atoms with Gasteiger partial charge in [0, 0.05) is 6.04 Å². The summed E-state index contributed by atoms with van der Waals surface area (Å²) in [4.78, 5) is 0.189. The first-order chi connectivity index (χ1) is 9.31. The Morgan fingerprint density at radius 3 is 2.55 bits per heavy atom. The molecule has 1 atom stereocenters. The maximum Gasteiger partial charge on any atom is 0.244 e. The predicted molar refractivity (Wildman–Crippen MR) is 78.0 cm³/mol. The zero-order chi connectivity index (χ0) is 14.9. The minimum absolute atomic E-state index is 0.189. The molecule has 0 saturated carbocycles. The van der Waals surface area contributed by atoms with Crippen molar-refractivity contribution in [2.24, 2.45) is 0 Å². The number of H-pyrrole nitrogens is 1. The summed E-state index contributed by atoms with van der Waals surface area (Å²) in [5, 5.41) is 6.39. The number of aromatic amines is 1. The number of benzene rings is 1. The highest BCUT2D eigenvalue weighted by molar-refractivity contribution is 7.89. The van der Waals surface area contributed by atoms with Crippen molar-refractivity contribution in [3.05, 3.63) is 46.8 Å². The Kier molecular flexibility index (Phi) is 3.96. The molecule has 0 amide bonds. The summed E-state index contributed by atoms with van der Waals surface area (Å²) >= 11 is 0. The van der Waals surface area contributed by atoms with Gasteiger partial charge in [-0.25, -0.2) is 13.1 Å². The van der Waals surface area contributed by atoms with Crippen LogP contribution in [0, 0.1) is 20.8 Å². The molecule has 20 heavy (non-hydrogen) atoms. The van der Waals surface area contributed by atoms with Gasteiger partial charge in [0.1, 0.15) is 4.90 Å². The van der Waals surface area contributed by atoms with Gasteiger partial charge in [-0.3, -0.25) is 5.10 Å². The Bertz CT molecular complexity index is 720. The third-order valence-corrected chi connectivity index (χ3v) is 4.96. The van der Waals surface area contributed by atoms with Crippen molar-refractivity contribution in [2.75, 3.05) is 0 Å². The van der Waals surface area contributed by atoms with E-state index in [1.54, 1.807) is 6.92 Å². The zero-order valence-corrected chi connectivity index (χ0v) is 12.9. The Labute approximate surface area is 119 Å². The van der Waals surface area contributed by atoms with E-state index in [2.05, 4.69) is 14.9 Å². The van der Waals surface area contributed by atoms with Crippen LogP contribution >= 0.6 is 0 Å². The fourth-order valence-corrected chi connectivity index (χ4v) is 3.56. The molecule has 0 aliphatic carbocycles. The highest BCUT2D eigenvalue weighted by Crippen LogP contribution is 2.21. The molecule has 0 aliphatic rings. The van der Waals surface area contributed by atoms with Crippen molar-refractivity contribution >= 4 is 10.0 Å². The molecular weight excluding hydrogens is 274 g/mol. The molecule has 6 heteroatoms. The molecule has 0 fully saturated rings. The Balaban J connectivity index is 2.30. The fraction of sp³-hybridized carbons (Fsp3) is 0.357. The number of rotatable bonds is 4. The molecule has 0 bridgehead atoms. The van der Waals surface area contributed by atoms with Gasteiger partial charge in [0.2, 0.25) is 10.0 Å². The first kappa shape index (κ1) is 14.7. The van der Waals surface area contributed by atoms with E-state index in [0.29, 0.717) is 5.69 Å². The van der Waals surface area contributed by atoms with Crippen LogP contribution in [0.1, 0.15) is 35.3 Å². The third-order valence-electron chi connectivity index (χ3n) is 3.31. The van der Waals surface area contributed by atoms with Gasteiger partial charge in [-0.2, -0.15) is 5.10 Å². The quantitative estimate of drug-likeness (QED) is 0.908. The van der Waals surface area contributed by atoms with E-state index in [0.717, 1.165) is 16.7 Å². The van der Waals surface area contributed by atoms with Gasteiger partial charge >= 0.3 is 0 Å². The van der Waals surface area contributed by atoms with Gasteiger partial charge in [-0.15, -0.1) is 0 Å². The van der Waals surface area contributed by atoms with Crippen LogP contribution in [-0.4, -0.2) is 18.6 Å². The predicted octanol–water partition coefficient (Wildman–Crippen LogP) is 2.37. The smallest absolute Gasteiger partial charge is 0.244 e. The second kappa shape index (κ2) is 5.38. The van der Waals surface area contributed by atoms with Gasteiger partial charge in [-0.05, 0) is 38.8 Å². The molecule has 5 nitrogen and oxygen atoms in total. The highest BCUT2D eigenvalue weighted by Gasteiger charge is 2.22. The van der Waals surface area contributed by atoms with E-state index >= 15 is 0 Å². The topological polar surface area (TPSA) is 74.8 Å². The molecule has 1 aromatic heterocycles. The van der Waals surface area contributed by atoms with Crippen molar-refractivity contribution in [3.63, 3.8) is 0 Å². The van der Waals surface area contributed by atoms with E-state index in [1.165, 1.54) is 6.20 Å². The summed E-state index contributed by atoms with van der Waals surface area (Å²) in [6, 6.07) is 5.72. The van der Waals surface area contributed by atoms with Crippen molar-refractivity contribution in [1.29, 1.82) is 0 Å². The normalized spacial score (nSPS) is 13.4. The van der Waals surface area contributed by atoms with Crippen LogP contribution in [0.3, 0.4) is 0 Å². The fourth-order valence-electron chi connectivity index (χ4n) is 2.20. The van der Waals surface area contributed by atoms with Crippen LogP contribution in [0.2, 0.25) is 0 Å². The molecule has 1 unspecified atom stereocenters. The van der Waals surface area contributed by atoms with Crippen molar-refractivity contribution in [1.82, 2.24) is 14.9 Å². The van der Waals surface area contributed by atoms with E-state index in [1.807, 2.05) is 39.0 Å². The van der Waals surface area contributed by atoms with Crippen molar-refractivity contribution in [2.45, 2.75) is 38.6 Å². The summed E-state index contributed by atoms with van der Waals surface area (Å²) in [6.07, 6.45) is 1.33. The van der Waals surface area contributed by atoms with Gasteiger partial charge < -0.3 is 0 Å². The minimum Gasteiger partial charge on any atom is -0.281 e. The summed E-state index contributed by atoms with van der Waals surface area (Å²) in [5.41, 5.74) is 3.69. The molecule has 2 rings (SSSR count). The first-order valence-corrected chi connectivity index (χ1v) is 7.89. The third kappa shape index (κ3) is 2.91.